The minimum Gasteiger partial charge on any atom is -0.316 e. The average molecular weight is 127 g/mol. The predicted molar refractivity (Wildman–Crippen MR) is 42.5 cm³/mol. The third-order valence-electron chi connectivity index (χ3n) is 1.76. The Bertz CT molecular complexity index is 90.7. The van der Waals surface area contributed by atoms with E-state index in [0.717, 1.165) is 12.5 Å². The molecular formula is C8H17N. The molecule has 0 spiro atoms. The Hall–Kier alpha value is -0.300. The van der Waals surface area contributed by atoms with Gasteiger partial charge in [0.15, 0.2) is 0 Å². The van der Waals surface area contributed by atoms with E-state index in [1.54, 1.807) is 0 Å². The quantitative estimate of drug-likeness (QED) is 0.530. The van der Waals surface area contributed by atoms with E-state index in [1.807, 2.05) is 0 Å². The molecule has 1 fully saturated rings. The highest BCUT2D eigenvalue weighted by Gasteiger charge is 2.13. The number of hydrogen-bond donors (Lipinski definition) is 1. The summed E-state index contributed by atoms with van der Waals surface area (Å²) >= 11 is 0. The molecule has 0 aromatic carbocycles. The van der Waals surface area contributed by atoms with E-state index >= 15 is 0 Å². The molecule has 0 bridgehead atoms. The molecule has 1 aliphatic heterocycles. The first kappa shape index (κ1) is 8.70. The molecule has 0 aromatic heterocycles. The van der Waals surface area contributed by atoms with Crippen LogP contribution in [0.2, 0.25) is 0 Å². The van der Waals surface area contributed by atoms with Crippen molar-refractivity contribution in [2.45, 2.75) is 20.8 Å². The van der Waals surface area contributed by atoms with Gasteiger partial charge in [-0.1, -0.05) is 19.6 Å². The highest BCUT2D eigenvalue weighted by atomic mass is 14.9. The molecule has 9 heavy (non-hydrogen) atoms. The first-order valence-electron chi connectivity index (χ1n) is 3.17. The molecule has 1 heterocycles. The molecular weight excluding hydrogens is 110 g/mol. The topological polar surface area (TPSA) is 12.0 Å². The molecule has 1 saturated heterocycles. The fraction of sp³-hybridized carbons (Fsp3) is 0.750. The Kier molecular flexibility index (Phi) is 3.55. The minimum absolute atomic E-state index is 0. The summed E-state index contributed by atoms with van der Waals surface area (Å²) in [6.07, 6.45) is 1.29. The van der Waals surface area contributed by atoms with Crippen LogP contribution in [-0.2, 0) is 0 Å². The van der Waals surface area contributed by atoms with Gasteiger partial charge in [-0.2, -0.15) is 0 Å². The Morgan fingerprint density at radius 3 is 2.56 bits per heavy atom. The second-order valence-corrected chi connectivity index (χ2v) is 2.54. The van der Waals surface area contributed by atoms with Gasteiger partial charge in [0.1, 0.15) is 0 Å². The first-order chi connectivity index (χ1) is 3.80. The smallest absolute Gasteiger partial charge is 0.00171 e. The van der Waals surface area contributed by atoms with E-state index in [0.29, 0.717) is 0 Å². The summed E-state index contributed by atoms with van der Waals surface area (Å²) in [5.74, 6) is 0.759. The zero-order chi connectivity index (χ0) is 5.98. The largest absolute Gasteiger partial charge is 0.316 e. The Balaban J connectivity index is 0.000000640. The second kappa shape index (κ2) is 3.67. The van der Waals surface area contributed by atoms with Crippen molar-refractivity contribution >= 4 is 0 Å². The first-order valence-corrected chi connectivity index (χ1v) is 3.17. The van der Waals surface area contributed by atoms with Crippen LogP contribution < -0.4 is 5.32 Å². The summed E-state index contributed by atoms with van der Waals surface area (Å²) in [6, 6.07) is 0. The van der Waals surface area contributed by atoms with Crippen LogP contribution in [0, 0.1) is 5.92 Å². The minimum atomic E-state index is 0. The molecule has 1 N–H and O–H groups in total. The summed E-state index contributed by atoms with van der Waals surface area (Å²) in [4.78, 5) is 0. The Morgan fingerprint density at radius 2 is 2.33 bits per heavy atom. The number of hydrogen-bond acceptors (Lipinski definition) is 1. The normalized spacial score (nSPS) is 25.2. The van der Waals surface area contributed by atoms with Crippen LogP contribution in [0.15, 0.2) is 12.2 Å². The van der Waals surface area contributed by atoms with Crippen molar-refractivity contribution in [1.29, 1.82) is 0 Å². The van der Waals surface area contributed by atoms with Crippen LogP contribution in [-0.4, -0.2) is 13.1 Å². The summed E-state index contributed by atoms with van der Waals surface area (Å²) in [7, 11) is 0. The van der Waals surface area contributed by atoms with Gasteiger partial charge in [-0.25, -0.2) is 0 Å². The van der Waals surface area contributed by atoms with E-state index in [4.69, 9.17) is 0 Å². The zero-order valence-corrected chi connectivity index (χ0v) is 5.41. The molecule has 0 amide bonds. The molecule has 1 heteroatoms. The summed E-state index contributed by atoms with van der Waals surface area (Å²) in [6.45, 7) is 8.33. The van der Waals surface area contributed by atoms with Crippen molar-refractivity contribution in [3.63, 3.8) is 0 Å². The van der Waals surface area contributed by atoms with Crippen molar-refractivity contribution in [3.8, 4) is 0 Å². The van der Waals surface area contributed by atoms with Gasteiger partial charge in [0.2, 0.25) is 0 Å². The van der Waals surface area contributed by atoms with Gasteiger partial charge in [0.25, 0.3) is 0 Å². The van der Waals surface area contributed by atoms with Crippen LogP contribution in [0.4, 0.5) is 0 Å². The highest BCUT2D eigenvalue weighted by molar-refractivity contribution is 4.99. The lowest BCUT2D eigenvalue weighted by Crippen LogP contribution is -2.08. The van der Waals surface area contributed by atoms with Gasteiger partial charge in [-0.05, 0) is 25.8 Å². The standard InChI is InChI=1S/C7H13N.CH4/c1-6(2)7-3-4-8-5-7;/h7-8H,1,3-5H2,2H3;1H4. The molecule has 1 aliphatic rings. The lowest BCUT2D eigenvalue weighted by molar-refractivity contribution is 0.684. The van der Waals surface area contributed by atoms with E-state index in [1.165, 1.54) is 18.5 Å². The van der Waals surface area contributed by atoms with E-state index in [9.17, 15) is 0 Å². The van der Waals surface area contributed by atoms with Gasteiger partial charge in [0, 0.05) is 6.54 Å². The van der Waals surface area contributed by atoms with Gasteiger partial charge in [0.05, 0.1) is 0 Å². The molecule has 1 unspecified atom stereocenters. The summed E-state index contributed by atoms with van der Waals surface area (Å²) < 4.78 is 0. The third-order valence-corrected chi connectivity index (χ3v) is 1.76. The maximum Gasteiger partial charge on any atom is 0.00171 e. The monoisotopic (exact) mass is 127 g/mol. The van der Waals surface area contributed by atoms with Crippen molar-refractivity contribution in [2.75, 3.05) is 13.1 Å². The Morgan fingerprint density at radius 1 is 1.67 bits per heavy atom. The van der Waals surface area contributed by atoms with Crippen LogP contribution in [0.3, 0.4) is 0 Å². The highest BCUT2D eigenvalue weighted by Crippen LogP contribution is 2.14. The molecule has 0 aromatic rings. The average Bonchev–Trinajstić information content (AvgIpc) is 2.12. The van der Waals surface area contributed by atoms with Crippen molar-refractivity contribution in [1.82, 2.24) is 5.32 Å². The molecule has 0 saturated carbocycles. The van der Waals surface area contributed by atoms with E-state index < -0.39 is 0 Å². The van der Waals surface area contributed by atoms with E-state index in [2.05, 4.69) is 18.8 Å². The van der Waals surface area contributed by atoms with Gasteiger partial charge >= 0.3 is 0 Å². The molecule has 0 aliphatic carbocycles. The maximum atomic E-state index is 3.90. The summed E-state index contributed by atoms with van der Waals surface area (Å²) in [5.41, 5.74) is 1.33. The number of rotatable bonds is 1. The van der Waals surface area contributed by atoms with Crippen LogP contribution >= 0.6 is 0 Å². The number of nitrogens with one attached hydrogen (secondary N) is 1. The van der Waals surface area contributed by atoms with Crippen molar-refractivity contribution in [3.05, 3.63) is 12.2 Å². The fourth-order valence-electron chi connectivity index (χ4n) is 1.08. The van der Waals surface area contributed by atoms with Crippen LogP contribution in [0.1, 0.15) is 20.8 Å². The molecule has 1 atom stereocenters. The fourth-order valence-corrected chi connectivity index (χ4v) is 1.08. The maximum absolute atomic E-state index is 3.90. The lowest BCUT2D eigenvalue weighted by Gasteiger charge is -2.04. The molecule has 54 valence electrons. The van der Waals surface area contributed by atoms with Crippen LogP contribution in [0.5, 0.6) is 0 Å². The lowest BCUT2D eigenvalue weighted by atomic mass is 10.0. The van der Waals surface area contributed by atoms with E-state index in [-0.39, 0.29) is 7.43 Å². The third kappa shape index (κ3) is 2.19. The predicted octanol–water partition coefficient (Wildman–Crippen LogP) is 1.81. The molecule has 1 rings (SSSR count). The van der Waals surface area contributed by atoms with Crippen molar-refractivity contribution < 1.29 is 0 Å². The second-order valence-electron chi connectivity index (χ2n) is 2.54. The molecule has 1 nitrogen and oxygen atoms in total. The zero-order valence-electron chi connectivity index (χ0n) is 5.41. The van der Waals surface area contributed by atoms with Crippen LogP contribution in [0.25, 0.3) is 0 Å². The van der Waals surface area contributed by atoms with Gasteiger partial charge in [-0.15, -0.1) is 0 Å². The van der Waals surface area contributed by atoms with Gasteiger partial charge < -0.3 is 5.32 Å². The molecule has 0 radical (unpaired) electrons. The SMILES string of the molecule is C.C=C(C)C1CCNC1. The van der Waals surface area contributed by atoms with Crippen molar-refractivity contribution in [2.24, 2.45) is 5.92 Å². The van der Waals surface area contributed by atoms with Gasteiger partial charge in [-0.3, -0.25) is 0 Å². The Labute approximate surface area is 58.2 Å². The summed E-state index contributed by atoms with van der Waals surface area (Å²) in [5, 5.41) is 3.29.